The van der Waals surface area contributed by atoms with E-state index in [9.17, 15) is 4.39 Å². The molecule has 1 saturated heterocycles. The zero-order valence-electron chi connectivity index (χ0n) is 16.9. The summed E-state index contributed by atoms with van der Waals surface area (Å²) < 4.78 is 19.6. The lowest BCUT2D eigenvalue weighted by Crippen LogP contribution is -2.40. The summed E-state index contributed by atoms with van der Waals surface area (Å²) in [5.41, 5.74) is 11.9. The number of ether oxygens (including phenoxy) is 1. The van der Waals surface area contributed by atoms with Crippen LogP contribution in [0.1, 0.15) is 18.4 Å². The number of aromatic nitrogens is 1. The van der Waals surface area contributed by atoms with Gasteiger partial charge in [0, 0.05) is 42.7 Å². The Morgan fingerprint density at radius 3 is 2.45 bits per heavy atom. The Hall–Kier alpha value is -2.92. The number of rotatable bonds is 4. The van der Waals surface area contributed by atoms with Crippen molar-refractivity contribution in [2.24, 2.45) is 5.73 Å². The van der Waals surface area contributed by atoms with E-state index in [0.29, 0.717) is 0 Å². The molecule has 0 spiro atoms. The highest BCUT2D eigenvalue weighted by Gasteiger charge is 2.23. The monoisotopic (exact) mass is 391 g/mol. The fraction of sp³-hybridized carbons (Fsp3) is 0.292. The summed E-state index contributed by atoms with van der Waals surface area (Å²) in [5.74, 6) is 0.555. The largest absolute Gasteiger partial charge is 0.497 e. The van der Waals surface area contributed by atoms with Gasteiger partial charge in [0.1, 0.15) is 11.6 Å². The number of benzene rings is 2. The molecule has 1 fully saturated rings. The zero-order chi connectivity index (χ0) is 20.4. The molecule has 0 amide bonds. The normalized spacial score (nSPS) is 14.8. The average molecular weight is 391 g/mol. The fourth-order valence-electron chi connectivity index (χ4n) is 4.02. The second kappa shape index (κ2) is 8.21. The Kier molecular flexibility index (Phi) is 5.49. The van der Waals surface area contributed by atoms with E-state index in [-0.39, 0.29) is 11.9 Å². The molecule has 5 heteroatoms. The van der Waals surface area contributed by atoms with Gasteiger partial charge in [-0.2, -0.15) is 0 Å². The first-order valence-corrected chi connectivity index (χ1v) is 9.95. The Morgan fingerprint density at radius 2 is 1.76 bits per heavy atom. The molecule has 2 aromatic carbocycles. The molecule has 0 saturated carbocycles. The standard InChI is InChI=1S/C24H26FN3O/c1-16-10-18(12-19(25)11-16)23-15-27-14-22(17-4-3-5-21(13-17)29-2)24(23)28-8-6-20(26)7-9-28/h3-5,10-15,20H,6-9,26H2,1-2H3. The summed E-state index contributed by atoms with van der Waals surface area (Å²) in [7, 11) is 1.66. The van der Waals surface area contributed by atoms with E-state index in [4.69, 9.17) is 10.5 Å². The van der Waals surface area contributed by atoms with Gasteiger partial charge in [0.05, 0.1) is 12.8 Å². The highest BCUT2D eigenvalue weighted by molar-refractivity contribution is 5.90. The minimum Gasteiger partial charge on any atom is -0.497 e. The number of nitrogens with zero attached hydrogens (tertiary/aromatic N) is 2. The second-order valence-corrected chi connectivity index (χ2v) is 7.66. The van der Waals surface area contributed by atoms with E-state index in [2.05, 4.69) is 16.0 Å². The van der Waals surface area contributed by atoms with E-state index in [1.165, 1.54) is 0 Å². The Labute approximate surface area is 171 Å². The summed E-state index contributed by atoms with van der Waals surface area (Å²) in [6.45, 7) is 3.64. The van der Waals surface area contributed by atoms with Crippen molar-refractivity contribution in [2.45, 2.75) is 25.8 Å². The van der Waals surface area contributed by atoms with Crippen molar-refractivity contribution < 1.29 is 9.13 Å². The summed E-state index contributed by atoms with van der Waals surface area (Å²) in [6, 6.07) is 13.3. The van der Waals surface area contributed by atoms with E-state index < -0.39 is 0 Å². The number of anilines is 1. The van der Waals surface area contributed by atoms with Crippen LogP contribution in [0.3, 0.4) is 0 Å². The first kappa shape index (κ1) is 19.4. The molecule has 1 aliphatic rings. The molecule has 1 aromatic heterocycles. The minimum atomic E-state index is -0.238. The molecule has 1 aliphatic heterocycles. The lowest BCUT2D eigenvalue weighted by molar-refractivity contribution is 0.415. The van der Waals surface area contributed by atoms with Crippen molar-refractivity contribution in [3.8, 4) is 28.0 Å². The van der Waals surface area contributed by atoms with Gasteiger partial charge in [0.25, 0.3) is 0 Å². The van der Waals surface area contributed by atoms with Gasteiger partial charge in [-0.1, -0.05) is 18.2 Å². The van der Waals surface area contributed by atoms with Crippen LogP contribution >= 0.6 is 0 Å². The smallest absolute Gasteiger partial charge is 0.124 e. The number of pyridine rings is 1. The molecule has 2 N–H and O–H groups in total. The van der Waals surface area contributed by atoms with E-state index >= 15 is 0 Å². The van der Waals surface area contributed by atoms with Crippen LogP contribution in [-0.4, -0.2) is 31.2 Å². The molecule has 0 atom stereocenters. The van der Waals surface area contributed by atoms with Crippen molar-refractivity contribution in [1.82, 2.24) is 4.98 Å². The molecule has 29 heavy (non-hydrogen) atoms. The molecule has 2 heterocycles. The lowest BCUT2D eigenvalue weighted by atomic mass is 9.95. The number of hydrogen-bond donors (Lipinski definition) is 1. The summed E-state index contributed by atoms with van der Waals surface area (Å²) in [4.78, 5) is 6.86. The molecule has 3 aromatic rings. The van der Waals surface area contributed by atoms with Crippen molar-refractivity contribution in [3.63, 3.8) is 0 Å². The molecule has 0 unspecified atom stereocenters. The third kappa shape index (κ3) is 4.10. The van der Waals surface area contributed by atoms with Gasteiger partial charge >= 0.3 is 0 Å². The average Bonchev–Trinajstić information content (AvgIpc) is 2.73. The van der Waals surface area contributed by atoms with Gasteiger partial charge in [-0.3, -0.25) is 4.98 Å². The first-order chi connectivity index (χ1) is 14.0. The highest BCUT2D eigenvalue weighted by atomic mass is 19.1. The minimum absolute atomic E-state index is 0.230. The molecule has 0 radical (unpaired) electrons. The molecule has 0 aliphatic carbocycles. The third-order valence-corrected chi connectivity index (χ3v) is 5.51. The number of hydrogen-bond acceptors (Lipinski definition) is 4. The molecular formula is C24H26FN3O. The lowest BCUT2D eigenvalue weighted by Gasteiger charge is -2.35. The van der Waals surface area contributed by atoms with Gasteiger partial charge < -0.3 is 15.4 Å². The van der Waals surface area contributed by atoms with Crippen LogP contribution in [0.15, 0.2) is 54.9 Å². The maximum absolute atomic E-state index is 14.2. The highest BCUT2D eigenvalue weighted by Crippen LogP contribution is 2.41. The number of halogens is 1. The SMILES string of the molecule is COc1cccc(-c2cncc(-c3cc(C)cc(F)c3)c2N2CCC(N)CC2)c1. The number of nitrogens with two attached hydrogens (primary N) is 1. The van der Waals surface area contributed by atoms with Gasteiger partial charge in [-0.25, -0.2) is 4.39 Å². The van der Waals surface area contributed by atoms with Crippen LogP contribution in [0, 0.1) is 12.7 Å². The van der Waals surface area contributed by atoms with E-state index in [1.54, 1.807) is 19.2 Å². The number of piperidine rings is 1. The van der Waals surface area contributed by atoms with E-state index in [1.807, 2.05) is 43.6 Å². The van der Waals surface area contributed by atoms with Crippen LogP contribution in [0.4, 0.5) is 10.1 Å². The Morgan fingerprint density at radius 1 is 1.03 bits per heavy atom. The van der Waals surface area contributed by atoms with E-state index in [0.717, 1.165) is 65.2 Å². The first-order valence-electron chi connectivity index (χ1n) is 9.95. The fourth-order valence-corrected chi connectivity index (χ4v) is 4.02. The predicted molar refractivity (Wildman–Crippen MR) is 116 cm³/mol. The molecular weight excluding hydrogens is 365 g/mol. The molecule has 0 bridgehead atoms. The maximum atomic E-state index is 14.2. The Balaban J connectivity index is 1.91. The Bertz CT molecular complexity index is 993. The van der Waals surface area contributed by atoms with Gasteiger partial charge in [0.2, 0.25) is 0 Å². The molecule has 4 rings (SSSR count). The molecule has 150 valence electrons. The van der Waals surface area contributed by atoms with Crippen molar-refractivity contribution in [3.05, 3.63) is 66.2 Å². The second-order valence-electron chi connectivity index (χ2n) is 7.66. The third-order valence-electron chi connectivity index (χ3n) is 5.51. The maximum Gasteiger partial charge on any atom is 0.124 e. The van der Waals surface area contributed by atoms with Crippen molar-refractivity contribution in [2.75, 3.05) is 25.1 Å². The molecule has 4 nitrogen and oxygen atoms in total. The topological polar surface area (TPSA) is 51.4 Å². The van der Waals surface area contributed by atoms with Gasteiger partial charge in [-0.15, -0.1) is 0 Å². The zero-order valence-corrected chi connectivity index (χ0v) is 16.9. The summed E-state index contributed by atoms with van der Waals surface area (Å²) in [5, 5.41) is 0. The van der Waals surface area contributed by atoms with Crippen molar-refractivity contribution in [1.29, 1.82) is 0 Å². The van der Waals surface area contributed by atoms with Crippen LogP contribution in [-0.2, 0) is 0 Å². The quantitative estimate of drug-likeness (QED) is 0.694. The van der Waals surface area contributed by atoms with Gasteiger partial charge in [-0.05, 0) is 60.7 Å². The van der Waals surface area contributed by atoms with Gasteiger partial charge in [0.15, 0.2) is 0 Å². The predicted octanol–water partition coefficient (Wildman–Crippen LogP) is 4.80. The summed E-state index contributed by atoms with van der Waals surface area (Å²) >= 11 is 0. The van der Waals surface area contributed by atoms with Crippen LogP contribution in [0.2, 0.25) is 0 Å². The summed E-state index contributed by atoms with van der Waals surface area (Å²) in [6.07, 6.45) is 5.58. The van der Waals surface area contributed by atoms with Crippen LogP contribution < -0.4 is 15.4 Å². The number of methoxy groups -OCH3 is 1. The van der Waals surface area contributed by atoms with Crippen LogP contribution in [0.25, 0.3) is 22.3 Å². The van der Waals surface area contributed by atoms with Crippen molar-refractivity contribution >= 4 is 5.69 Å². The number of aryl methyl sites for hydroxylation is 1. The van der Waals surface area contributed by atoms with Crippen LogP contribution in [0.5, 0.6) is 5.75 Å².